The van der Waals surface area contributed by atoms with Crippen LogP contribution in [0.5, 0.6) is 23.0 Å². The van der Waals surface area contributed by atoms with Gasteiger partial charge in [0.15, 0.2) is 11.5 Å². The molecule has 2 aromatic carbocycles. The quantitative estimate of drug-likeness (QED) is 0.531. The summed E-state index contributed by atoms with van der Waals surface area (Å²) in [4.78, 5) is 24.2. The number of halogens is 2. The molecule has 0 saturated carbocycles. The minimum atomic E-state index is -1.02. The van der Waals surface area contributed by atoms with Crippen molar-refractivity contribution in [3.8, 4) is 23.0 Å². The van der Waals surface area contributed by atoms with Crippen molar-refractivity contribution in [3.05, 3.63) is 44.4 Å². The van der Waals surface area contributed by atoms with E-state index in [-0.39, 0.29) is 38.8 Å². The van der Waals surface area contributed by atoms with Crippen molar-refractivity contribution in [1.29, 1.82) is 0 Å². The molecule has 0 amide bonds. The lowest BCUT2D eigenvalue weighted by molar-refractivity contribution is 0.0596. The molecule has 7 nitrogen and oxygen atoms in total. The summed E-state index contributed by atoms with van der Waals surface area (Å²) < 4.78 is 9.70. The Labute approximate surface area is 158 Å². The highest BCUT2D eigenvalue weighted by Crippen LogP contribution is 2.45. The van der Waals surface area contributed by atoms with Crippen molar-refractivity contribution in [2.75, 3.05) is 7.11 Å². The second-order valence-electron chi connectivity index (χ2n) is 5.34. The van der Waals surface area contributed by atoms with Crippen LogP contribution >= 0.6 is 23.2 Å². The first kappa shape index (κ1) is 19.7. The predicted octanol–water partition coefficient (Wildman–Crippen LogP) is 3.73. The molecule has 2 aromatic rings. The molecule has 0 bridgehead atoms. The number of phenolic OH excluding ortho intramolecular Hbond substituents is 3. The van der Waals surface area contributed by atoms with Gasteiger partial charge in [-0.15, -0.1) is 0 Å². The minimum absolute atomic E-state index is 0.0925. The van der Waals surface area contributed by atoms with Crippen molar-refractivity contribution in [2.45, 2.75) is 13.8 Å². The Balaban J connectivity index is 2.55. The summed E-state index contributed by atoms with van der Waals surface area (Å²) >= 11 is 12.1. The molecule has 9 heteroatoms. The number of aromatic hydroxyl groups is 3. The summed E-state index contributed by atoms with van der Waals surface area (Å²) in [6, 6.07) is 2.22. The number of carbonyl (C=O) groups excluding carboxylic acids is 2. The Morgan fingerprint density at radius 1 is 0.962 bits per heavy atom. The van der Waals surface area contributed by atoms with Gasteiger partial charge in [-0.1, -0.05) is 23.2 Å². The highest BCUT2D eigenvalue weighted by atomic mass is 35.5. The fourth-order valence-electron chi connectivity index (χ4n) is 2.37. The summed E-state index contributed by atoms with van der Waals surface area (Å²) in [5, 5.41) is 28.8. The molecule has 0 aliphatic rings. The normalized spacial score (nSPS) is 10.5. The molecule has 0 saturated heterocycles. The zero-order valence-corrected chi connectivity index (χ0v) is 15.4. The van der Waals surface area contributed by atoms with Crippen molar-refractivity contribution in [2.24, 2.45) is 0 Å². The molecule has 0 heterocycles. The van der Waals surface area contributed by atoms with Gasteiger partial charge in [0, 0.05) is 6.07 Å². The number of benzene rings is 2. The van der Waals surface area contributed by atoms with Crippen molar-refractivity contribution in [1.82, 2.24) is 0 Å². The van der Waals surface area contributed by atoms with Crippen LogP contribution in [0, 0.1) is 13.8 Å². The third kappa shape index (κ3) is 3.36. The zero-order valence-electron chi connectivity index (χ0n) is 13.9. The largest absolute Gasteiger partial charge is 0.508 e. The van der Waals surface area contributed by atoms with Gasteiger partial charge in [0.2, 0.25) is 0 Å². The van der Waals surface area contributed by atoms with Gasteiger partial charge in [-0.3, -0.25) is 0 Å². The van der Waals surface area contributed by atoms with Crippen LogP contribution in [0.2, 0.25) is 10.0 Å². The fourth-order valence-corrected chi connectivity index (χ4v) is 2.88. The first-order chi connectivity index (χ1) is 12.1. The molecule has 0 aliphatic carbocycles. The molecular formula is C17H14Cl2O7. The maximum Gasteiger partial charge on any atom is 0.347 e. The van der Waals surface area contributed by atoms with Crippen LogP contribution in [0.1, 0.15) is 31.8 Å². The molecule has 0 unspecified atom stereocenters. The van der Waals surface area contributed by atoms with Crippen LogP contribution in [0.25, 0.3) is 0 Å². The van der Waals surface area contributed by atoms with Gasteiger partial charge in [-0.25, -0.2) is 9.59 Å². The number of rotatable bonds is 3. The number of ether oxygens (including phenoxy) is 2. The Bertz CT molecular complexity index is 870. The molecule has 0 atom stereocenters. The van der Waals surface area contributed by atoms with Gasteiger partial charge in [0.25, 0.3) is 0 Å². The molecule has 2 rings (SSSR count). The van der Waals surface area contributed by atoms with Gasteiger partial charge in [-0.2, -0.15) is 0 Å². The number of aryl methyl sites for hydroxylation is 1. The smallest absolute Gasteiger partial charge is 0.347 e. The molecule has 138 valence electrons. The SMILES string of the molecule is COC(=O)c1c(C)c(Cl)c(OC(=O)c2c(C)cc(O)cc2O)c(Cl)c1O. The van der Waals surface area contributed by atoms with E-state index in [4.69, 9.17) is 27.9 Å². The van der Waals surface area contributed by atoms with E-state index in [1.54, 1.807) is 0 Å². The average molecular weight is 401 g/mol. The van der Waals surface area contributed by atoms with Gasteiger partial charge < -0.3 is 24.8 Å². The first-order valence-corrected chi connectivity index (χ1v) is 7.89. The maximum atomic E-state index is 12.4. The Hall–Kier alpha value is -2.64. The van der Waals surface area contributed by atoms with E-state index in [0.29, 0.717) is 0 Å². The van der Waals surface area contributed by atoms with E-state index in [0.717, 1.165) is 13.2 Å². The molecule has 26 heavy (non-hydrogen) atoms. The third-order valence-electron chi connectivity index (χ3n) is 3.64. The van der Waals surface area contributed by atoms with Crippen LogP contribution in [0.3, 0.4) is 0 Å². The molecule has 3 N–H and O–H groups in total. The third-order valence-corrected chi connectivity index (χ3v) is 4.44. The fraction of sp³-hybridized carbons (Fsp3) is 0.176. The van der Waals surface area contributed by atoms with E-state index >= 15 is 0 Å². The summed E-state index contributed by atoms with van der Waals surface area (Å²) in [6.07, 6.45) is 0. The van der Waals surface area contributed by atoms with Gasteiger partial charge >= 0.3 is 11.9 Å². The van der Waals surface area contributed by atoms with Crippen LogP contribution < -0.4 is 4.74 Å². The number of phenols is 3. The highest BCUT2D eigenvalue weighted by Gasteiger charge is 2.28. The standard InChI is InChI=1S/C17H14Cl2O7/c1-6-4-8(20)5-9(21)10(6)17(24)26-15-12(18)7(2)11(16(23)25-3)14(22)13(15)19/h4-5,20-22H,1-3H3. The van der Waals surface area contributed by atoms with Crippen molar-refractivity contribution < 1.29 is 34.4 Å². The first-order valence-electron chi connectivity index (χ1n) is 7.13. The number of carbonyl (C=O) groups is 2. The number of hydrogen-bond acceptors (Lipinski definition) is 7. The zero-order chi connectivity index (χ0) is 19.8. The number of hydrogen-bond donors (Lipinski definition) is 3. The van der Waals surface area contributed by atoms with Gasteiger partial charge in [0.1, 0.15) is 27.6 Å². The van der Waals surface area contributed by atoms with Gasteiger partial charge in [0.05, 0.1) is 12.1 Å². The second kappa shape index (κ2) is 7.31. The molecule has 0 aromatic heterocycles. The van der Waals surface area contributed by atoms with E-state index in [1.807, 2.05) is 0 Å². The van der Waals surface area contributed by atoms with E-state index in [1.165, 1.54) is 19.9 Å². The average Bonchev–Trinajstić information content (AvgIpc) is 2.56. The lowest BCUT2D eigenvalue weighted by Crippen LogP contribution is -2.13. The molecule has 0 spiro atoms. The highest BCUT2D eigenvalue weighted by molar-refractivity contribution is 6.39. The summed E-state index contributed by atoms with van der Waals surface area (Å²) in [7, 11) is 1.12. The second-order valence-corrected chi connectivity index (χ2v) is 6.10. The van der Waals surface area contributed by atoms with E-state index < -0.39 is 28.5 Å². The Morgan fingerprint density at radius 3 is 2.12 bits per heavy atom. The van der Waals surface area contributed by atoms with E-state index in [9.17, 15) is 24.9 Å². The molecule has 0 fully saturated rings. The van der Waals surface area contributed by atoms with E-state index in [2.05, 4.69) is 4.74 Å². The minimum Gasteiger partial charge on any atom is -0.508 e. The summed E-state index contributed by atoms with van der Waals surface area (Å²) in [6.45, 7) is 2.88. The van der Waals surface area contributed by atoms with Crippen LogP contribution in [-0.4, -0.2) is 34.4 Å². The number of methoxy groups -OCH3 is 1. The predicted molar refractivity (Wildman–Crippen MR) is 93.7 cm³/mol. The van der Waals surface area contributed by atoms with Gasteiger partial charge in [-0.05, 0) is 31.0 Å². The lowest BCUT2D eigenvalue weighted by atomic mass is 10.1. The van der Waals surface area contributed by atoms with Crippen LogP contribution in [0.15, 0.2) is 12.1 Å². The van der Waals surface area contributed by atoms with Crippen molar-refractivity contribution >= 4 is 35.1 Å². The lowest BCUT2D eigenvalue weighted by Gasteiger charge is -2.16. The van der Waals surface area contributed by atoms with Crippen LogP contribution in [-0.2, 0) is 4.74 Å². The summed E-state index contributed by atoms with van der Waals surface area (Å²) in [5.41, 5.74) is -0.142. The Kier molecular flexibility index (Phi) is 5.53. The maximum absolute atomic E-state index is 12.4. The molecule has 0 aliphatic heterocycles. The molecular weight excluding hydrogens is 387 g/mol. The topological polar surface area (TPSA) is 113 Å². The number of esters is 2. The monoisotopic (exact) mass is 400 g/mol. The van der Waals surface area contributed by atoms with Crippen LogP contribution in [0.4, 0.5) is 0 Å². The molecule has 0 radical (unpaired) electrons. The summed E-state index contributed by atoms with van der Waals surface area (Å²) in [5.74, 6) is -3.67. The Morgan fingerprint density at radius 2 is 1.58 bits per heavy atom. The van der Waals surface area contributed by atoms with Crippen molar-refractivity contribution in [3.63, 3.8) is 0 Å².